The highest BCUT2D eigenvalue weighted by Crippen LogP contribution is 2.30. The summed E-state index contributed by atoms with van der Waals surface area (Å²) in [4.78, 5) is 26.6. The smallest absolute Gasteiger partial charge is 0.317 e. The predicted molar refractivity (Wildman–Crippen MR) is 80.6 cm³/mol. The lowest BCUT2D eigenvalue weighted by Crippen LogP contribution is -2.53. The van der Waals surface area contributed by atoms with Crippen LogP contribution in [0.1, 0.15) is 26.3 Å². The molecular weight excluding hydrogens is 266 g/mol. The summed E-state index contributed by atoms with van der Waals surface area (Å²) in [6.45, 7) is 7.72. The Hall–Kier alpha value is -1.68. The average molecular weight is 289 g/mol. The Morgan fingerprint density at radius 3 is 2.62 bits per heavy atom. The van der Waals surface area contributed by atoms with E-state index in [2.05, 4.69) is 17.0 Å². The topological polar surface area (TPSA) is 46.6 Å². The molecule has 0 aliphatic carbocycles. The second-order valence-electron chi connectivity index (χ2n) is 6.21. The summed E-state index contributed by atoms with van der Waals surface area (Å²) < 4.78 is 5.06. The van der Waals surface area contributed by atoms with Crippen LogP contribution in [0.4, 0.5) is 0 Å². The molecule has 2 rings (SSSR count). The summed E-state index contributed by atoms with van der Waals surface area (Å²) in [6, 6.07) is 10.1. The summed E-state index contributed by atoms with van der Waals surface area (Å²) in [5, 5.41) is 0. The molecule has 114 valence electrons. The lowest BCUT2D eigenvalue weighted by Gasteiger charge is -2.40. The van der Waals surface area contributed by atoms with Crippen LogP contribution in [0, 0.1) is 11.3 Å². The van der Waals surface area contributed by atoms with E-state index >= 15 is 0 Å². The zero-order valence-electron chi connectivity index (χ0n) is 13.0. The van der Waals surface area contributed by atoms with Crippen LogP contribution in [-0.4, -0.2) is 36.3 Å². The first kappa shape index (κ1) is 15.7. The molecule has 0 amide bonds. The van der Waals surface area contributed by atoms with Crippen molar-refractivity contribution in [3.05, 3.63) is 35.9 Å². The molecule has 0 bridgehead atoms. The Morgan fingerprint density at radius 2 is 2.00 bits per heavy atom. The van der Waals surface area contributed by atoms with Gasteiger partial charge in [-0.3, -0.25) is 14.5 Å². The third-order valence-electron chi connectivity index (χ3n) is 3.86. The van der Waals surface area contributed by atoms with Crippen molar-refractivity contribution in [2.45, 2.75) is 27.3 Å². The molecule has 1 aromatic carbocycles. The minimum atomic E-state index is -0.669. The van der Waals surface area contributed by atoms with Crippen molar-refractivity contribution in [2.24, 2.45) is 11.3 Å². The van der Waals surface area contributed by atoms with E-state index in [1.54, 1.807) is 6.92 Å². The Morgan fingerprint density at radius 1 is 1.33 bits per heavy atom. The molecule has 0 aromatic heterocycles. The van der Waals surface area contributed by atoms with Crippen LogP contribution in [-0.2, 0) is 20.9 Å². The highest BCUT2D eigenvalue weighted by Gasteiger charge is 2.44. The average Bonchev–Trinajstić information content (AvgIpc) is 2.43. The Kier molecular flexibility index (Phi) is 4.78. The van der Waals surface area contributed by atoms with E-state index in [1.165, 1.54) is 5.56 Å². The van der Waals surface area contributed by atoms with Crippen LogP contribution in [0.5, 0.6) is 0 Å². The Bertz CT molecular complexity index is 510. The molecular formula is C17H23NO3. The van der Waals surface area contributed by atoms with Crippen molar-refractivity contribution >= 4 is 11.8 Å². The highest BCUT2D eigenvalue weighted by molar-refractivity contribution is 6.02. The van der Waals surface area contributed by atoms with Crippen molar-refractivity contribution in [2.75, 3.05) is 19.7 Å². The summed E-state index contributed by atoms with van der Waals surface area (Å²) in [7, 11) is 0. The molecule has 0 radical (unpaired) electrons. The summed E-state index contributed by atoms with van der Waals surface area (Å²) in [6.07, 6.45) is 0. The number of nitrogens with zero attached hydrogens (tertiary/aromatic N) is 1. The van der Waals surface area contributed by atoms with Gasteiger partial charge in [0.25, 0.3) is 0 Å². The molecule has 1 heterocycles. The summed E-state index contributed by atoms with van der Waals surface area (Å²) in [5.74, 6) is -1.07. The van der Waals surface area contributed by atoms with Gasteiger partial charge in [0, 0.05) is 25.0 Å². The van der Waals surface area contributed by atoms with E-state index in [4.69, 9.17) is 4.74 Å². The third-order valence-corrected chi connectivity index (χ3v) is 3.86. The maximum Gasteiger partial charge on any atom is 0.317 e. The van der Waals surface area contributed by atoms with Gasteiger partial charge in [-0.1, -0.05) is 44.2 Å². The van der Waals surface area contributed by atoms with Gasteiger partial charge in [0.15, 0.2) is 5.78 Å². The molecule has 0 unspecified atom stereocenters. The van der Waals surface area contributed by atoms with Gasteiger partial charge in [-0.2, -0.15) is 0 Å². The van der Waals surface area contributed by atoms with E-state index in [1.807, 2.05) is 32.0 Å². The fourth-order valence-corrected chi connectivity index (χ4v) is 2.90. The van der Waals surface area contributed by atoms with Gasteiger partial charge in [-0.15, -0.1) is 0 Å². The van der Waals surface area contributed by atoms with Gasteiger partial charge in [-0.25, -0.2) is 0 Å². The van der Waals surface area contributed by atoms with Gasteiger partial charge < -0.3 is 4.74 Å². The van der Waals surface area contributed by atoms with E-state index in [0.29, 0.717) is 19.7 Å². The predicted octanol–water partition coefficient (Wildman–Crippen LogP) is 2.28. The number of carbonyl (C=O) groups excluding carboxylic acids is 2. The maximum absolute atomic E-state index is 12.4. The Balaban J connectivity index is 2.13. The molecule has 0 spiro atoms. The van der Waals surface area contributed by atoms with E-state index in [0.717, 1.165) is 6.54 Å². The normalized spacial score (nSPS) is 22.0. The van der Waals surface area contributed by atoms with Gasteiger partial charge in [-0.05, 0) is 12.5 Å². The van der Waals surface area contributed by atoms with Crippen molar-refractivity contribution < 1.29 is 14.3 Å². The monoisotopic (exact) mass is 289 g/mol. The molecule has 0 saturated carbocycles. The molecule has 21 heavy (non-hydrogen) atoms. The number of ether oxygens (including phenoxy) is 1. The van der Waals surface area contributed by atoms with E-state index in [-0.39, 0.29) is 5.78 Å². The first-order valence-electron chi connectivity index (χ1n) is 7.41. The van der Waals surface area contributed by atoms with Crippen LogP contribution >= 0.6 is 0 Å². The standard InChI is InChI=1S/C17H23NO3/c1-4-21-16(20)14-11-18(12-17(2,3)15(14)19)10-13-8-6-5-7-9-13/h5-9,14H,4,10-12H2,1-3H3/t14-/m0/s1. The first-order chi connectivity index (χ1) is 9.94. The number of hydrogen-bond acceptors (Lipinski definition) is 4. The number of likely N-dealkylation sites (tertiary alicyclic amines) is 1. The third kappa shape index (κ3) is 3.70. The highest BCUT2D eigenvalue weighted by atomic mass is 16.5. The van der Waals surface area contributed by atoms with Gasteiger partial charge >= 0.3 is 5.97 Å². The van der Waals surface area contributed by atoms with E-state index in [9.17, 15) is 9.59 Å². The second kappa shape index (κ2) is 6.39. The molecule has 4 heteroatoms. The zero-order chi connectivity index (χ0) is 15.5. The van der Waals surface area contributed by atoms with Gasteiger partial charge in [0.2, 0.25) is 0 Å². The molecule has 4 nitrogen and oxygen atoms in total. The van der Waals surface area contributed by atoms with Crippen LogP contribution < -0.4 is 0 Å². The Labute approximate surface area is 126 Å². The van der Waals surface area contributed by atoms with E-state index < -0.39 is 17.3 Å². The van der Waals surface area contributed by atoms with Crippen molar-refractivity contribution in [1.29, 1.82) is 0 Å². The second-order valence-corrected chi connectivity index (χ2v) is 6.21. The quantitative estimate of drug-likeness (QED) is 0.630. The number of hydrogen-bond donors (Lipinski definition) is 0. The number of benzene rings is 1. The summed E-state index contributed by atoms with van der Waals surface area (Å²) in [5.41, 5.74) is 0.662. The molecule has 1 saturated heterocycles. The SMILES string of the molecule is CCOC(=O)[C@H]1CN(Cc2ccccc2)CC(C)(C)C1=O. The minimum absolute atomic E-state index is 0.00902. The van der Waals surface area contributed by atoms with Crippen molar-refractivity contribution in [3.8, 4) is 0 Å². The molecule has 0 N–H and O–H groups in total. The number of rotatable bonds is 4. The van der Waals surface area contributed by atoms with Crippen LogP contribution in [0.3, 0.4) is 0 Å². The van der Waals surface area contributed by atoms with Gasteiger partial charge in [0.1, 0.15) is 5.92 Å². The number of piperidine rings is 1. The lowest BCUT2D eigenvalue weighted by molar-refractivity contribution is -0.158. The fraction of sp³-hybridized carbons (Fsp3) is 0.529. The fourth-order valence-electron chi connectivity index (χ4n) is 2.90. The zero-order valence-corrected chi connectivity index (χ0v) is 13.0. The molecule has 1 atom stereocenters. The summed E-state index contributed by atoms with van der Waals surface area (Å²) >= 11 is 0. The van der Waals surface area contributed by atoms with Crippen molar-refractivity contribution in [1.82, 2.24) is 4.90 Å². The number of carbonyl (C=O) groups is 2. The maximum atomic E-state index is 12.4. The number of ketones is 1. The van der Waals surface area contributed by atoms with Crippen LogP contribution in [0.25, 0.3) is 0 Å². The van der Waals surface area contributed by atoms with Gasteiger partial charge in [0.05, 0.1) is 6.61 Å². The van der Waals surface area contributed by atoms with Crippen LogP contribution in [0.2, 0.25) is 0 Å². The number of Topliss-reactive ketones (excluding diaryl/α,β-unsaturated/α-hetero) is 1. The largest absolute Gasteiger partial charge is 0.465 e. The number of esters is 1. The molecule has 1 aliphatic rings. The lowest BCUT2D eigenvalue weighted by atomic mass is 9.77. The van der Waals surface area contributed by atoms with Crippen LogP contribution in [0.15, 0.2) is 30.3 Å². The first-order valence-corrected chi connectivity index (χ1v) is 7.41. The molecule has 1 aromatic rings. The van der Waals surface area contributed by atoms with Crippen molar-refractivity contribution in [3.63, 3.8) is 0 Å². The molecule has 1 fully saturated rings. The molecule has 1 aliphatic heterocycles. The minimum Gasteiger partial charge on any atom is -0.465 e.